The van der Waals surface area contributed by atoms with Crippen molar-refractivity contribution in [3.05, 3.63) is 54.1 Å². The Labute approximate surface area is 148 Å². The summed E-state index contributed by atoms with van der Waals surface area (Å²) in [5.74, 6) is 0.849. The molecule has 0 bridgehead atoms. The van der Waals surface area contributed by atoms with E-state index in [0.717, 1.165) is 5.69 Å². The van der Waals surface area contributed by atoms with Crippen molar-refractivity contribution < 1.29 is 14.3 Å². The minimum Gasteiger partial charge on any atom is -0.493 e. The van der Waals surface area contributed by atoms with Gasteiger partial charge in [0.2, 0.25) is 5.91 Å². The maximum Gasteiger partial charge on any atom is 0.255 e. The van der Waals surface area contributed by atoms with E-state index in [1.54, 1.807) is 54.4 Å². The maximum atomic E-state index is 12.4. The zero-order chi connectivity index (χ0) is 18.4. The summed E-state index contributed by atoms with van der Waals surface area (Å²) in [6.07, 6.45) is 0. The van der Waals surface area contributed by atoms with Crippen molar-refractivity contribution in [1.29, 1.82) is 0 Å². The fourth-order valence-corrected chi connectivity index (χ4v) is 2.14. The van der Waals surface area contributed by atoms with Crippen molar-refractivity contribution in [2.45, 2.75) is 20.8 Å². The molecule has 5 heteroatoms. The van der Waals surface area contributed by atoms with Gasteiger partial charge in [-0.05, 0) is 48.4 Å². The van der Waals surface area contributed by atoms with Crippen molar-refractivity contribution >= 4 is 23.2 Å². The van der Waals surface area contributed by atoms with Gasteiger partial charge in [0, 0.05) is 30.9 Å². The molecule has 0 spiro atoms. The minimum atomic E-state index is -0.206. The molecule has 0 atom stereocenters. The number of benzene rings is 2. The summed E-state index contributed by atoms with van der Waals surface area (Å²) >= 11 is 0. The minimum absolute atomic E-state index is 0.0463. The summed E-state index contributed by atoms with van der Waals surface area (Å²) in [5, 5.41) is 2.85. The van der Waals surface area contributed by atoms with Crippen LogP contribution in [-0.4, -0.2) is 25.5 Å². The monoisotopic (exact) mass is 340 g/mol. The van der Waals surface area contributed by atoms with Crippen LogP contribution in [0.15, 0.2) is 48.5 Å². The second-order valence-corrected chi connectivity index (χ2v) is 6.31. The molecule has 1 N–H and O–H groups in total. The zero-order valence-corrected chi connectivity index (χ0v) is 15.1. The zero-order valence-electron chi connectivity index (χ0n) is 15.1. The van der Waals surface area contributed by atoms with Crippen molar-refractivity contribution in [1.82, 2.24) is 0 Å². The van der Waals surface area contributed by atoms with Crippen molar-refractivity contribution in [3.63, 3.8) is 0 Å². The fraction of sp³-hybridized carbons (Fsp3) is 0.300. The fourth-order valence-electron chi connectivity index (χ4n) is 2.14. The van der Waals surface area contributed by atoms with Gasteiger partial charge in [0.25, 0.3) is 5.91 Å². The molecule has 2 aromatic rings. The van der Waals surface area contributed by atoms with Crippen LogP contribution in [0.2, 0.25) is 0 Å². The molecule has 0 aliphatic heterocycles. The molecular weight excluding hydrogens is 316 g/mol. The van der Waals surface area contributed by atoms with Gasteiger partial charge in [0.05, 0.1) is 6.61 Å². The molecule has 25 heavy (non-hydrogen) atoms. The van der Waals surface area contributed by atoms with E-state index in [2.05, 4.69) is 19.2 Å². The summed E-state index contributed by atoms with van der Waals surface area (Å²) in [4.78, 5) is 25.3. The maximum absolute atomic E-state index is 12.4. The van der Waals surface area contributed by atoms with Crippen molar-refractivity contribution in [3.8, 4) is 5.75 Å². The van der Waals surface area contributed by atoms with Crippen molar-refractivity contribution in [2.24, 2.45) is 5.92 Å². The number of ether oxygens (including phenoxy) is 1. The molecule has 0 unspecified atom stereocenters. The van der Waals surface area contributed by atoms with Crippen LogP contribution in [0.5, 0.6) is 5.75 Å². The Bertz CT molecular complexity index is 739. The molecule has 0 radical (unpaired) electrons. The van der Waals surface area contributed by atoms with Crippen LogP contribution in [0.4, 0.5) is 11.4 Å². The highest BCUT2D eigenvalue weighted by atomic mass is 16.5. The highest BCUT2D eigenvalue weighted by Gasteiger charge is 2.09. The van der Waals surface area contributed by atoms with Crippen LogP contribution in [0.3, 0.4) is 0 Å². The van der Waals surface area contributed by atoms with Gasteiger partial charge in [-0.3, -0.25) is 9.59 Å². The number of amides is 2. The van der Waals surface area contributed by atoms with E-state index in [-0.39, 0.29) is 11.8 Å². The van der Waals surface area contributed by atoms with Gasteiger partial charge in [-0.25, -0.2) is 0 Å². The average Bonchev–Trinajstić information content (AvgIpc) is 2.60. The summed E-state index contributed by atoms with van der Waals surface area (Å²) < 4.78 is 5.66. The van der Waals surface area contributed by atoms with Crippen LogP contribution >= 0.6 is 0 Å². The molecule has 2 rings (SSSR count). The molecule has 0 fully saturated rings. The number of rotatable bonds is 6. The van der Waals surface area contributed by atoms with Crippen LogP contribution in [0.1, 0.15) is 31.1 Å². The first kappa shape index (κ1) is 18.5. The highest BCUT2D eigenvalue weighted by molar-refractivity contribution is 6.04. The lowest BCUT2D eigenvalue weighted by molar-refractivity contribution is -0.116. The van der Waals surface area contributed by atoms with E-state index in [0.29, 0.717) is 29.5 Å². The topological polar surface area (TPSA) is 58.6 Å². The Morgan fingerprint density at radius 2 is 1.80 bits per heavy atom. The normalized spacial score (nSPS) is 10.4. The summed E-state index contributed by atoms with van der Waals surface area (Å²) in [6.45, 7) is 6.26. The standard InChI is InChI=1S/C20H24N2O3/c1-14(2)13-25-19-7-5-6-16(12-19)20(24)21-17-8-10-18(11-9-17)22(4)15(3)23/h5-12,14H,13H2,1-4H3,(H,21,24). The van der Waals surface area contributed by atoms with Crippen molar-refractivity contribution in [2.75, 3.05) is 23.9 Å². The lowest BCUT2D eigenvalue weighted by Crippen LogP contribution is -2.22. The predicted octanol–water partition coefficient (Wildman–Crippen LogP) is 3.96. The third-order valence-electron chi connectivity index (χ3n) is 3.66. The third kappa shape index (κ3) is 5.35. The SMILES string of the molecule is CC(=O)N(C)c1ccc(NC(=O)c2cccc(OCC(C)C)c2)cc1. The Balaban J connectivity index is 2.04. The highest BCUT2D eigenvalue weighted by Crippen LogP contribution is 2.19. The van der Waals surface area contributed by atoms with Crippen LogP contribution in [0.25, 0.3) is 0 Å². The molecule has 0 saturated heterocycles. The second-order valence-electron chi connectivity index (χ2n) is 6.31. The molecule has 0 aromatic heterocycles. The molecule has 2 amide bonds. The van der Waals surface area contributed by atoms with Gasteiger partial charge in [-0.1, -0.05) is 19.9 Å². The molecule has 0 heterocycles. The lowest BCUT2D eigenvalue weighted by atomic mass is 10.2. The second kappa shape index (κ2) is 8.33. The molecule has 2 aromatic carbocycles. The lowest BCUT2D eigenvalue weighted by Gasteiger charge is -2.15. The first-order valence-electron chi connectivity index (χ1n) is 8.25. The predicted molar refractivity (Wildman–Crippen MR) is 100 cm³/mol. The van der Waals surface area contributed by atoms with Gasteiger partial charge in [-0.2, -0.15) is 0 Å². The first-order valence-corrected chi connectivity index (χ1v) is 8.25. The van der Waals surface area contributed by atoms with Gasteiger partial charge in [0.1, 0.15) is 5.75 Å². The third-order valence-corrected chi connectivity index (χ3v) is 3.66. The Morgan fingerprint density at radius 3 is 2.40 bits per heavy atom. The van der Waals surface area contributed by atoms with Gasteiger partial charge >= 0.3 is 0 Å². The molecule has 0 aliphatic rings. The van der Waals surface area contributed by atoms with Crippen LogP contribution < -0.4 is 15.0 Å². The van der Waals surface area contributed by atoms with Gasteiger partial charge in [-0.15, -0.1) is 0 Å². The number of nitrogens with zero attached hydrogens (tertiary/aromatic N) is 1. The molecule has 0 aliphatic carbocycles. The number of anilines is 2. The van der Waals surface area contributed by atoms with Gasteiger partial charge < -0.3 is 15.0 Å². The Hall–Kier alpha value is -2.82. The van der Waals surface area contributed by atoms with Gasteiger partial charge in [0.15, 0.2) is 0 Å². The van der Waals surface area contributed by atoms with Crippen LogP contribution in [0, 0.1) is 5.92 Å². The van der Waals surface area contributed by atoms with Crippen LogP contribution in [-0.2, 0) is 4.79 Å². The molecule has 5 nitrogen and oxygen atoms in total. The molecular formula is C20H24N2O3. The number of hydrogen-bond donors (Lipinski definition) is 1. The van der Waals surface area contributed by atoms with E-state index in [1.165, 1.54) is 6.92 Å². The number of nitrogens with one attached hydrogen (secondary N) is 1. The average molecular weight is 340 g/mol. The summed E-state index contributed by atoms with van der Waals surface area (Å²) in [7, 11) is 1.71. The smallest absolute Gasteiger partial charge is 0.255 e. The summed E-state index contributed by atoms with van der Waals surface area (Å²) in [6, 6.07) is 14.2. The largest absolute Gasteiger partial charge is 0.493 e. The molecule has 0 saturated carbocycles. The van der Waals surface area contributed by atoms with E-state index >= 15 is 0 Å². The summed E-state index contributed by atoms with van der Waals surface area (Å²) in [5.41, 5.74) is 1.97. The van der Waals surface area contributed by atoms with E-state index < -0.39 is 0 Å². The van der Waals surface area contributed by atoms with E-state index in [1.807, 2.05) is 6.07 Å². The Kier molecular flexibility index (Phi) is 6.17. The number of carbonyl (C=O) groups excluding carboxylic acids is 2. The van der Waals surface area contributed by atoms with E-state index in [9.17, 15) is 9.59 Å². The quantitative estimate of drug-likeness (QED) is 0.866. The number of hydrogen-bond acceptors (Lipinski definition) is 3. The molecule has 132 valence electrons. The first-order chi connectivity index (χ1) is 11.9. The van der Waals surface area contributed by atoms with E-state index in [4.69, 9.17) is 4.74 Å². The number of carbonyl (C=O) groups is 2. The Morgan fingerprint density at radius 1 is 1.12 bits per heavy atom.